The smallest absolute Gasteiger partial charge is 0.224 e. The van der Waals surface area contributed by atoms with Crippen molar-refractivity contribution in [3.05, 3.63) is 41.2 Å². The van der Waals surface area contributed by atoms with Crippen molar-refractivity contribution < 1.29 is 9.53 Å². The Kier molecular flexibility index (Phi) is 6.16. The van der Waals surface area contributed by atoms with Gasteiger partial charge in [0.25, 0.3) is 0 Å². The highest BCUT2D eigenvalue weighted by molar-refractivity contribution is 6.32. The molecule has 1 aliphatic rings. The van der Waals surface area contributed by atoms with Gasteiger partial charge in [0, 0.05) is 38.2 Å². The molecule has 2 heterocycles. The second kappa shape index (κ2) is 8.57. The molecule has 0 N–H and O–H groups in total. The summed E-state index contributed by atoms with van der Waals surface area (Å²) in [6, 6.07) is 7.58. The first-order chi connectivity index (χ1) is 13.0. The highest BCUT2D eigenvalue weighted by Gasteiger charge is 2.27. The van der Waals surface area contributed by atoms with E-state index < -0.39 is 0 Å². The van der Waals surface area contributed by atoms with Crippen LogP contribution in [0.1, 0.15) is 32.3 Å². The molecule has 3 rings (SSSR count). The molecule has 0 spiro atoms. The molecule has 27 heavy (non-hydrogen) atoms. The second-order valence-electron chi connectivity index (χ2n) is 6.88. The van der Waals surface area contributed by atoms with Crippen molar-refractivity contribution in [1.82, 2.24) is 14.9 Å². The summed E-state index contributed by atoms with van der Waals surface area (Å²) in [7, 11) is 0. The Balaban J connectivity index is 1.71. The maximum Gasteiger partial charge on any atom is 0.224 e. The van der Waals surface area contributed by atoms with Crippen molar-refractivity contribution in [3.8, 4) is 11.6 Å². The zero-order valence-corrected chi connectivity index (χ0v) is 16.7. The van der Waals surface area contributed by atoms with Gasteiger partial charge in [-0.1, -0.05) is 24.6 Å². The fourth-order valence-electron chi connectivity index (χ4n) is 3.25. The summed E-state index contributed by atoms with van der Waals surface area (Å²) in [6.07, 6.45) is 2.97. The number of anilines is 1. The van der Waals surface area contributed by atoms with Crippen molar-refractivity contribution in [2.24, 2.45) is 0 Å². The Bertz CT molecular complexity index is 814. The molecule has 7 heteroatoms. The first-order valence-electron chi connectivity index (χ1n) is 9.28. The van der Waals surface area contributed by atoms with E-state index in [1.54, 1.807) is 0 Å². The molecule has 0 aliphatic carbocycles. The maximum atomic E-state index is 12.2. The van der Waals surface area contributed by atoms with Crippen LogP contribution in [0.25, 0.3) is 0 Å². The molecule has 1 amide bonds. The van der Waals surface area contributed by atoms with Gasteiger partial charge in [-0.05, 0) is 38.0 Å². The maximum absolute atomic E-state index is 12.2. The zero-order chi connectivity index (χ0) is 19.4. The van der Waals surface area contributed by atoms with E-state index in [-0.39, 0.29) is 11.9 Å². The number of hydrogen-bond donors (Lipinski definition) is 0. The molecule has 0 bridgehead atoms. The molecular weight excluding hydrogens is 364 g/mol. The highest BCUT2D eigenvalue weighted by atomic mass is 35.5. The number of carbonyl (C=O) groups is 1. The number of rotatable bonds is 5. The predicted octanol–water partition coefficient (Wildman–Crippen LogP) is 4.07. The quantitative estimate of drug-likeness (QED) is 0.772. The van der Waals surface area contributed by atoms with Crippen LogP contribution >= 0.6 is 11.6 Å². The van der Waals surface area contributed by atoms with Crippen LogP contribution in [-0.2, 0) is 4.79 Å². The van der Waals surface area contributed by atoms with Gasteiger partial charge in [0.15, 0.2) is 0 Å². The van der Waals surface area contributed by atoms with Gasteiger partial charge in [0.1, 0.15) is 17.9 Å². The third-order valence-corrected chi connectivity index (χ3v) is 4.98. The van der Waals surface area contributed by atoms with Gasteiger partial charge >= 0.3 is 0 Å². The van der Waals surface area contributed by atoms with Crippen molar-refractivity contribution in [1.29, 1.82) is 0 Å². The van der Waals surface area contributed by atoms with E-state index in [1.807, 2.05) is 43.0 Å². The van der Waals surface area contributed by atoms with Gasteiger partial charge in [0.05, 0.1) is 5.02 Å². The van der Waals surface area contributed by atoms with Crippen LogP contribution in [0.15, 0.2) is 30.6 Å². The minimum atomic E-state index is 0.142. The molecule has 144 valence electrons. The van der Waals surface area contributed by atoms with Crippen molar-refractivity contribution >= 4 is 23.3 Å². The normalized spacial score (nSPS) is 17.1. The lowest BCUT2D eigenvalue weighted by Gasteiger charge is -2.40. The zero-order valence-electron chi connectivity index (χ0n) is 16.0. The van der Waals surface area contributed by atoms with Gasteiger partial charge < -0.3 is 14.5 Å². The molecule has 2 aromatic rings. The molecule has 1 aromatic carbocycles. The van der Waals surface area contributed by atoms with Crippen LogP contribution in [0.5, 0.6) is 11.6 Å². The van der Waals surface area contributed by atoms with Crippen LogP contribution in [-0.4, -0.2) is 46.5 Å². The fraction of sp³-hybridized carbons (Fsp3) is 0.450. The van der Waals surface area contributed by atoms with Gasteiger partial charge in [-0.2, -0.15) is 0 Å². The number of nitrogens with zero attached hydrogens (tertiary/aromatic N) is 4. The van der Waals surface area contributed by atoms with Crippen LogP contribution in [0, 0.1) is 6.92 Å². The Morgan fingerprint density at radius 2 is 2.11 bits per heavy atom. The molecular formula is C20H25ClN4O2. The monoisotopic (exact) mass is 388 g/mol. The summed E-state index contributed by atoms with van der Waals surface area (Å²) in [6.45, 7) is 8.25. The molecule has 0 saturated carbocycles. The molecule has 6 nitrogen and oxygen atoms in total. The van der Waals surface area contributed by atoms with Crippen LogP contribution in [0.2, 0.25) is 5.02 Å². The lowest BCUT2D eigenvalue weighted by atomic mass is 10.1. The SMILES string of the molecule is CCCC(=O)N1CCN(c2cc(Oc3cc(C)ccc3Cl)ncn2)CC1C. The number of piperazine rings is 1. The number of hydrogen-bond acceptors (Lipinski definition) is 5. The number of amides is 1. The summed E-state index contributed by atoms with van der Waals surface area (Å²) in [4.78, 5) is 24.9. The van der Waals surface area contributed by atoms with Crippen molar-refractivity contribution in [3.63, 3.8) is 0 Å². The van der Waals surface area contributed by atoms with E-state index in [1.165, 1.54) is 6.33 Å². The van der Waals surface area contributed by atoms with E-state index in [0.717, 1.165) is 30.9 Å². The van der Waals surface area contributed by atoms with Crippen LogP contribution in [0.4, 0.5) is 5.82 Å². The summed E-state index contributed by atoms with van der Waals surface area (Å²) < 4.78 is 5.87. The number of aromatic nitrogens is 2. The summed E-state index contributed by atoms with van der Waals surface area (Å²) in [5.74, 6) is 2.04. The summed E-state index contributed by atoms with van der Waals surface area (Å²) in [5, 5.41) is 0.539. The Morgan fingerprint density at radius 1 is 1.30 bits per heavy atom. The standard InChI is InChI=1S/C20H25ClN4O2/c1-4-5-20(26)25-9-8-24(12-15(25)3)18-11-19(23-13-22-18)27-17-10-14(2)6-7-16(17)21/h6-7,10-11,13,15H,4-5,8-9,12H2,1-3H3. The molecule has 1 aliphatic heterocycles. The van der Waals surface area contributed by atoms with Gasteiger partial charge in [-0.25, -0.2) is 9.97 Å². The van der Waals surface area contributed by atoms with E-state index in [4.69, 9.17) is 16.3 Å². The van der Waals surface area contributed by atoms with E-state index in [2.05, 4.69) is 21.8 Å². The Labute approximate surface area is 165 Å². The van der Waals surface area contributed by atoms with Crippen molar-refractivity contribution in [2.45, 2.75) is 39.7 Å². The molecule has 1 aromatic heterocycles. The average Bonchev–Trinajstić information content (AvgIpc) is 2.65. The third kappa shape index (κ3) is 4.69. The lowest BCUT2D eigenvalue weighted by molar-refractivity contribution is -0.133. The lowest BCUT2D eigenvalue weighted by Crippen LogP contribution is -2.54. The number of ether oxygens (including phenoxy) is 1. The molecule has 1 saturated heterocycles. The first kappa shape index (κ1) is 19.4. The average molecular weight is 389 g/mol. The predicted molar refractivity (Wildman–Crippen MR) is 107 cm³/mol. The number of halogens is 1. The minimum absolute atomic E-state index is 0.142. The Hall–Kier alpha value is -2.34. The minimum Gasteiger partial charge on any atom is -0.437 e. The van der Waals surface area contributed by atoms with Gasteiger partial charge in [-0.15, -0.1) is 0 Å². The van der Waals surface area contributed by atoms with Crippen LogP contribution < -0.4 is 9.64 Å². The van der Waals surface area contributed by atoms with E-state index >= 15 is 0 Å². The number of carbonyl (C=O) groups excluding carboxylic acids is 1. The first-order valence-corrected chi connectivity index (χ1v) is 9.66. The largest absolute Gasteiger partial charge is 0.437 e. The fourth-order valence-corrected chi connectivity index (χ4v) is 3.41. The van der Waals surface area contributed by atoms with Gasteiger partial charge in [-0.3, -0.25) is 4.79 Å². The third-order valence-electron chi connectivity index (χ3n) is 4.66. The summed E-state index contributed by atoms with van der Waals surface area (Å²) in [5.41, 5.74) is 1.06. The summed E-state index contributed by atoms with van der Waals surface area (Å²) >= 11 is 6.21. The van der Waals surface area contributed by atoms with Crippen LogP contribution in [0.3, 0.4) is 0 Å². The molecule has 1 fully saturated rings. The van der Waals surface area contributed by atoms with E-state index in [0.29, 0.717) is 29.6 Å². The molecule has 0 radical (unpaired) electrons. The molecule has 1 unspecified atom stereocenters. The van der Waals surface area contributed by atoms with Gasteiger partial charge in [0.2, 0.25) is 11.8 Å². The Morgan fingerprint density at radius 3 is 2.85 bits per heavy atom. The molecule has 1 atom stereocenters. The number of benzene rings is 1. The number of aryl methyl sites for hydroxylation is 1. The second-order valence-corrected chi connectivity index (χ2v) is 7.29. The van der Waals surface area contributed by atoms with E-state index in [9.17, 15) is 4.79 Å². The topological polar surface area (TPSA) is 58.6 Å². The van der Waals surface area contributed by atoms with Crippen molar-refractivity contribution in [2.75, 3.05) is 24.5 Å². The highest BCUT2D eigenvalue weighted by Crippen LogP contribution is 2.30.